The fourth-order valence-electron chi connectivity index (χ4n) is 3.21. The van der Waals surface area contributed by atoms with Gasteiger partial charge in [0.05, 0.1) is 12.9 Å². The number of imidazole rings is 1. The van der Waals surface area contributed by atoms with Gasteiger partial charge in [0.2, 0.25) is 5.91 Å². The summed E-state index contributed by atoms with van der Waals surface area (Å²) in [6.07, 6.45) is 4.18. The lowest BCUT2D eigenvalue weighted by Gasteiger charge is -2.17. The van der Waals surface area contributed by atoms with Gasteiger partial charge in [-0.15, -0.1) is 0 Å². The molecule has 1 aromatic carbocycles. The number of H-pyrrole nitrogens is 1. The molecule has 0 aliphatic heterocycles. The van der Waals surface area contributed by atoms with Crippen molar-refractivity contribution >= 4 is 22.9 Å². The smallest absolute Gasteiger partial charge is 0.239 e. The highest BCUT2D eigenvalue weighted by Gasteiger charge is 2.38. The first-order chi connectivity index (χ1) is 12.2. The first kappa shape index (κ1) is 15.6. The average molecular weight is 336 g/mol. The molecule has 0 saturated heterocycles. The Morgan fingerprint density at radius 1 is 1.28 bits per heavy atom. The normalized spacial score (nSPS) is 18.9. The Bertz CT molecular complexity index is 877. The van der Waals surface area contributed by atoms with Crippen molar-refractivity contribution in [3.63, 3.8) is 0 Å². The van der Waals surface area contributed by atoms with E-state index in [4.69, 9.17) is 0 Å². The van der Waals surface area contributed by atoms with Gasteiger partial charge >= 0.3 is 0 Å². The Labute approximate surface area is 145 Å². The Morgan fingerprint density at radius 3 is 2.96 bits per heavy atom. The maximum Gasteiger partial charge on any atom is 0.239 e. The van der Waals surface area contributed by atoms with Crippen LogP contribution in [-0.4, -0.2) is 46.0 Å². The molecular formula is C18H20N6O. The molecule has 2 heterocycles. The van der Waals surface area contributed by atoms with E-state index < -0.39 is 0 Å². The maximum absolute atomic E-state index is 12.3. The van der Waals surface area contributed by atoms with E-state index in [1.54, 1.807) is 11.2 Å². The van der Waals surface area contributed by atoms with Gasteiger partial charge in [0.1, 0.15) is 11.8 Å². The molecule has 128 valence electrons. The third kappa shape index (κ3) is 3.31. The summed E-state index contributed by atoms with van der Waals surface area (Å²) in [7, 11) is 1.84. The zero-order valence-electron chi connectivity index (χ0n) is 14.0. The van der Waals surface area contributed by atoms with Gasteiger partial charge < -0.3 is 15.2 Å². The molecular weight excluding hydrogens is 316 g/mol. The van der Waals surface area contributed by atoms with E-state index in [2.05, 4.69) is 49.5 Å². The van der Waals surface area contributed by atoms with E-state index in [0.29, 0.717) is 23.3 Å². The van der Waals surface area contributed by atoms with Crippen LogP contribution in [0, 0.1) is 5.92 Å². The first-order valence-electron chi connectivity index (χ1n) is 8.39. The van der Waals surface area contributed by atoms with Gasteiger partial charge in [-0.2, -0.15) is 0 Å². The van der Waals surface area contributed by atoms with Crippen LogP contribution in [0.1, 0.15) is 17.9 Å². The van der Waals surface area contributed by atoms with Gasteiger partial charge in [0, 0.05) is 13.6 Å². The minimum absolute atomic E-state index is 0.00695. The number of amides is 1. The summed E-state index contributed by atoms with van der Waals surface area (Å²) in [5, 5.41) is 3.04. The average Bonchev–Trinajstić information content (AvgIpc) is 3.26. The molecule has 7 heteroatoms. The lowest BCUT2D eigenvalue weighted by Crippen LogP contribution is -2.36. The quantitative estimate of drug-likeness (QED) is 0.715. The van der Waals surface area contributed by atoms with Gasteiger partial charge in [-0.3, -0.25) is 4.79 Å². The van der Waals surface area contributed by atoms with Crippen LogP contribution in [0.15, 0.2) is 43.0 Å². The van der Waals surface area contributed by atoms with Crippen molar-refractivity contribution in [2.75, 3.05) is 25.0 Å². The van der Waals surface area contributed by atoms with Crippen molar-refractivity contribution in [1.82, 2.24) is 25.3 Å². The van der Waals surface area contributed by atoms with Crippen LogP contribution in [0.3, 0.4) is 0 Å². The highest BCUT2D eigenvalue weighted by molar-refractivity contribution is 5.86. The van der Waals surface area contributed by atoms with E-state index in [0.717, 1.165) is 18.5 Å². The number of likely N-dealkylation sites (N-methyl/N-ethyl adjacent to an activating group) is 1. The molecule has 7 nitrogen and oxygen atoms in total. The van der Waals surface area contributed by atoms with E-state index in [-0.39, 0.29) is 12.5 Å². The number of carbonyl (C=O) groups is 1. The Morgan fingerprint density at radius 2 is 2.12 bits per heavy atom. The summed E-state index contributed by atoms with van der Waals surface area (Å²) in [6.45, 7) is 0.962. The lowest BCUT2D eigenvalue weighted by atomic mass is 10.1. The standard InChI is InChI=1S/C18H20N6O/c1-24(18-16-17(21-10-20-16)22-11-23-18)9-15(25)19-8-13-7-14(13)12-5-3-2-4-6-12/h2-6,10-11,13-14H,7-9H2,1H3,(H,19,25)(H,20,21,22,23)/t13-,14-/m0/s1. The Hall–Kier alpha value is -2.96. The van der Waals surface area contributed by atoms with Gasteiger partial charge in [-0.1, -0.05) is 30.3 Å². The number of aromatic nitrogens is 4. The molecule has 2 atom stereocenters. The second-order valence-corrected chi connectivity index (χ2v) is 6.47. The molecule has 1 aliphatic carbocycles. The van der Waals surface area contributed by atoms with Crippen LogP contribution in [0.5, 0.6) is 0 Å². The summed E-state index contributed by atoms with van der Waals surface area (Å²) in [5.41, 5.74) is 2.70. The number of benzene rings is 1. The van der Waals surface area contributed by atoms with Crippen LogP contribution in [0.2, 0.25) is 0 Å². The largest absolute Gasteiger partial charge is 0.354 e. The molecule has 2 aromatic heterocycles. The number of nitrogens with zero attached hydrogens (tertiary/aromatic N) is 4. The number of hydrogen-bond acceptors (Lipinski definition) is 5. The number of rotatable bonds is 6. The van der Waals surface area contributed by atoms with Crippen molar-refractivity contribution in [3.8, 4) is 0 Å². The minimum atomic E-state index is -0.00695. The van der Waals surface area contributed by atoms with E-state index in [9.17, 15) is 4.79 Å². The van der Waals surface area contributed by atoms with Crippen molar-refractivity contribution in [2.24, 2.45) is 5.92 Å². The van der Waals surface area contributed by atoms with Crippen molar-refractivity contribution in [2.45, 2.75) is 12.3 Å². The van der Waals surface area contributed by atoms with Gasteiger partial charge in [-0.25, -0.2) is 15.0 Å². The maximum atomic E-state index is 12.3. The molecule has 25 heavy (non-hydrogen) atoms. The summed E-state index contributed by atoms with van der Waals surface area (Å²) in [4.78, 5) is 29.5. The van der Waals surface area contributed by atoms with Crippen molar-refractivity contribution in [1.29, 1.82) is 0 Å². The zero-order chi connectivity index (χ0) is 17.2. The molecule has 1 aliphatic rings. The van der Waals surface area contributed by atoms with Gasteiger partial charge in [-0.05, 0) is 23.8 Å². The molecule has 0 spiro atoms. The van der Waals surface area contributed by atoms with Crippen LogP contribution < -0.4 is 10.2 Å². The van der Waals surface area contributed by atoms with Crippen LogP contribution in [-0.2, 0) is 4.79 Å². The second-order valence-electron chi connectivity index (χ2n) is 6.47. The van der Waals surface area contributed by atoms with E-state index in [1.165, 1.54) is 11.9 Å². The predicted molar refractivity (Wildman–Crippen MR) is 95.3 cm³/mol. The predicted octanol–water partition coefficient (Wildman–Crippen LogP) is 1.71. The first-order valence-corrected chi connectivity index (χ1v) is 8.39. The summed E-state index contributed by atoms with van der Waals surface area (Å²) in [5.74, 6) is 1.78. The zero-order valence-corrected chi connectivity index (χ0v) is 14.0. The number of aromatic amines is 1. The highest BCUT2D eigenvalue weighted by Crippen LogP contribution is 2.46. The van der Waals surface area contributed by atoms with E-state index >= 15 is 0 Å². The highest BCUT2D eigenvalue weighted by atomic mass is 16.2. The fraction of sp³-hybridized carbons (Fsp3) is 0.333. The van der Waals surface area contributed by atoms with Crippen LogP contribution >= 0.6 is 0 Å². The summed E-state index contributed by atoms with van der Waals surface area (Å²) >= 11 is 0. The lowest BCUT2D eigenvalue weighted by molar-refractivity contribution is -0.119. The molecule has 4 rings (SSSR count). The number of fused-ring (bicyclic) bond motifs is 1. The van der Waals surface area contributed by atoms with Gasteiger partial charge in [0.25, 0.3) is 0 Å². The molecule has 2 N–H and O–H groups in total. The number of nitrogens with one attached hydrogen (secondary N) is 2. The van der Waals surface area contributed by atoms with E-state index in [1.807, 2.05) is 13.1 Å². The molecule has 0 bridgehead atoms. The molecule has 3 aromatic rings. The molecule has 0 unspecified atom stereocenters. The third-order valence-corrected chi connectivity index (χ3v) is 4.66. The molecule has 1 amide bonds. The van der Waals surface area contributed by atoms with Crippen molar-refractivity contribution < 1.29 is 4.79 Å². The van der Waals surface area contributed by atoms with Gasteiger partial charge in [0.15, 0.2) is 11.5 Å². The number of anilines is 1. The SMILES string of the molecule is CN(CC(=O)NC[C@@H]1C[C@H]1c1ccccc1)c1ncnc2nc[nH]c12. The molecule has 0 radical (unpaired) electrons. The second kappa shape index (κ2) is 6.51. The van der Waals surface area contributed by atoms with Crippen LogP contribution in [0.25, 0.3) is 11.2 Å². The molecule has 1 saturated carbocycles. The minimum Gasteiger partial charge on any atom is -0.354 e. The van der Waals surface area contributed by atoms with Crippen LogP contribution in [0.4, 0.5) is 5.82 Å². The number of carbonyl (C=O) groups excluding carboxylic acids is 1. The Balaban J connectivity index is 1.30. The van der Waals surface area contributed by atoms with Crippen molar-refractivity contribution in [3.05, 3.63) is 48.5 Å². The Kier molecular flexibility index (Phi) is 4.05. The fourth-order valence-corrected chi connectivity index (χ4v) is 3.21. The molecule has 1 fully saturated rings. The third-order valence-electron chi connectivity index (χ3n) is 4.66. The summed E-state index contributed by atoms with van der Waals surface area (Å²) in [6, 6.07) is 10.5. The summed E-state index contributed by atoms with van der Waals surface area (Å²) < 4.78 is 0. The topological polar surface area (TPSA) is 86.8 Å². The monoisotopic (exact) mass is 336 g/mol. The number of hydrogen-bond donors (Lipinski definition) is 2.